The third kappa shape index (κ3) is 1.28. The highest BCUT2D eigenvalue weighted by atomic mass is 19.1. The van der Waals surface area contributed by atoms with E-state index >= 15 is 0 Å². The topological polar surface area (TPSA) is 29.3 Å². The van der Waals surface area contributed by atoms with Crippen LogP contribution in [0.15, 0.2) is 18.3 Å². The minimum atomic E-state index is -0.224. The lowest BCUT2D eigenvalue weighted by Crippen LogP contribution is -2.06. The van der Waals surface area contributed by atoms with Crippen LogP contribution in [-0.2, 0) is 6.54 Å². The third-order valence-corrected chi connectivity index (χ3v) is 2.21. The maximum absolute atomic E-state index is 13.5. The lowest BCUT2D eigenvalue weighted by Gasteiger charge is -1.98. The van der Waals surface area contributed by atoms with Crippen molar-refractivity contribution >= 4 is 5.52 Å². The zero-order chi connectivity index (χ0) is 10.1. The van der Waals surface area contributed by atoms with E-state index in [2.05, 4.69) is 10.3 Å². The van der Waals surface area contributed by atoms with Crippen molar-refractivity contribution in [3.05, 3.63) is 35.7 Å². The van der Waals surface area contributed by atoms with Crippen molar-refractivity contribution < 1.29 is 4.39 Å². The Balaban J connectivity index is 2.72. The van der Waals surface area contributed by atoms with Gasteiger partial charge in [0.25, 0.3) is 0 Å². The van der Waals surface area contributed by atoms with Crippen LogP contribution in [0.1, 0.15) is 11.5 Å². The van der Waals surface area contributed by atoms with Gasteiger partial charge < -0.3 is 9.72 Å². The lowest BCUT2D eigenvalue weighted by atomic mass is 10.3. The Morgan fingerprint density at radius 3 is 3.07 bits per heavy atom. The molecule has 0 unspecified atom stereocenters. The van der Waals surface area contributed by atoms with Crippen LogP contribution in [0.25, 0.3) is 5.52 Å². The summed E-state index contributed by atoms with van der Waals surface area (Å²) in [5.41, 5.74) is 1.32. The number of halogens is 1. The zero-order valence-electron chi connectivity index (χ0n) is 8.21. The zero-order valence-corrected chi connectivity index (χ0v) is 8.21. The molecule has 0 aliphatic carbocycles. The number of pyridine rings is 1. The van der Waals surface area contributed by atoms with Gasteiger partial charge in [-0.05, 0) is 26.1 Å². The van der Waals surface area contributed by atoms with Crippen molar-refractivity contribution in [1.29, 1.82) is 0 Å². The molecule has 0 bridgehead atoms. The smallest absolute Gasteiger partial charge is 0.149 e. The Hall–Kier alpha value is -1.42. The molecule has 2 heterocycles. The second kappa shape index (κ2) is 3.38. The number of aromatic nitrogens is 2. The molecule has 0 radical (unpaired) electrons. The second-order valence-electron chi connectivity index (χ2n) is 3.21. The van der Waals surface area contributed by atoms with Crippen molar-refractivity contribution in [1.82, 2.24) is 14.7 Å². The molecule has 0 fully saturated rings. The number of nitrogens with one attached hydrogen (secondary N) is 1. The SMILES string of the molecule is CNCc1nc(C)n2cccc(F)c12. The molecular formula is C10H12FN3. The van der Waals surface area contributed by atoms with Gasteiger partial charge in [-0.1, -0.05) is 0 Å². The number of hydrogen-bond acceptors (Lipinski definition) is 2. The van der Waals surface area contributed by atoms with E-state index in [-0.39, 0.29) is 5.82 Å². The minimum Gasteiger partial charge on any atom is -0.314 e. The Morgan fingerprint density at radius 1 is 1.57 bits per heavy atom. The largest absolute Gasteiger partial charge is 0.314 e. The predicted molar refractivity (Wildman–Crippen MR) is 52.7 cm³/mol. The molecule has 0 spiro atoms. The maximum atomic E-state index is 13.5. The van der Waals surface area contributed by atoms with Gasteiger partial charge in [0.15, 0.2) is 0 Å². The van der Waals surface area contributed by atoms with Crippen LogP contribution < -0.4 is 5.32 Å². The van der Waals surface area contributed by atoms with Crippen LogP contribution in [0.3, 0.4) is 0 Å². The van der Waals surface area contributed by atoms with Gasteiger partial charge in [-0.2, -0.15) is 0 Å². The molecule has 2 aromatic rings. The Kier molecular flexibility index (Phi) is 2.21. The van der Waals surface area contributed by atoms with Gasteiger partial charge in [-0.3, -0.25) is 0 Å². The van der Waals surface area contributed by atoms with Gasteiger partial charge in [0.05, 0.1) is 5.69 Å². The first kappa shape index (κ1) is 9.15. The van der Waals surface area contributed by atoms with Gasteiger partial charge >= 0.3 is 0 Å². The monoisotopic (exact) mass is 193 g/mol. The average Bonchev–Trinajstić information content (AvgIpc) is 2.46. The standard InChI is InChI=1S/C10H12FN3/c1-7-13-9(6-12-2)10-8(11)4-3-5-14(7)10/h3-5,12H,6H2,1-2H3. The third-order valence-electron chi connectivity index (χ3n) is 2.21. The van der Waals surface area contributed by atoms with Crippen LogP contribution in [0.2, 0.25) is 0 Å². The van der Waals surface area contributed by atoms with Crippen LogP contribution in [-0.4, -0.2) is 16.4 Å². The molecule has 0 saturated carbocycles. The summed E-state index contributed by atoms with van der Waals surface area (Å²) in [4.78, 5) is 4.30. The van der Waals surface area contributed by atoms with Gasteiger partial charge in [0, 0.05) is 12.7 Å². The number of imidazole rings is 1. The first-order valence-corrected chi connectivity index (χ1v) is 4.50. The Bertz CT molecular complexity index is 462. The summed E-state index contributed by atoms with van der Waals surface area (Å²) in [6.45, 7) is 2.45. The summed E-state index contributed by atoms with van der Waals surface area (Å²) in [5, 5.41) is 2.97. The Labute approximate surface area is 81.6 Å². The summed E-state index contributed by atoms with van der Waals surface area (Å²) in [6.07, 6.45) is 1.82. The summed E-state index contributed by atoms with van der Waals surface area (Å²) in [7, 11) is 1.82. The van der Waals surface area contributed by atoms with E-state index in [0.29, 0.717) is 12.1 Å². The van der Waals surface area contributed by atoms with Gasteiger partial charge in [0.1, 0.15) is 17.2 Å². The molecule has 0 aliphatic heterocycles. The van der Waals surface area contributed by atoms with E-state index in [1.54, 1.807) is 10.5 Å². The quantitative estimate of drug-likeness (QED) is 0.783. The molecule has 0 aliphatic rings. The van der Waals surface area contributed by atoms with Gasteiger partial charge in [-0.15, -0.1) is 0 Å². The molecule has 1 N–H and O–H groups in total. The van der Waals surface area contributed by atoms with Crippen LogP contribution in [0.4, 0.5) is 4.39 Å². The highest BCUT2D eigenvalue weighted by molar-refractivity contribution is 5.54. The first-order valence-electron chi connectivity index (χ1n) is 4.50. The summed E-state index contributed by atoms with van der Waals surface area (Å²) < 4.78 is 15.3. The molecule has 3 nitrogen and oxygen atoms in total. The summed E-state index contributed by atoms with van der Waals surface area (Å²) in [6, 6.07) is 3.13. The molecule has 14 heavy (non-hydrogen) atoms. The minimum absolute atomic E-state index is 0.224. The molecule has 0 aromatic carbocycles. The van der Waals surface area contributed by atoms with Crippen LogP contribution in [0, 0.1) is 12.7 Å². The van der Waals surface area contributed by atoms with Crippen molar-refractivity contribution in [3.8, 4) is 0 Å². The first-order chi connectivity index (χ1) is 6.74. The Morgan fingerprint density at radius 2 is 2.36 bits per heavy atom. The van der Waals surface area contributed by atoms with Gasteiger partial charge in [0.2, 0.25) is 0 Å². The van der Waals surface area contributed by atoms with E-state index in [4.69, 9.17) is 0 Å². The molecule has 74 valence electrons. The predicted octanol–water partition coefficient (Wildman–Crippen LogP) is 1.50. The molecular weight excluding hydrogens is 181 g/mol. The average molecular weight is 193 g/mol. The fraction of sp³-hybridized carbons (Fsp3) is 0.300. The highest BCUT2D eigenvalue weighted by Crippen LogP contribution is 2.16. The van der Waals surface area contributed by atoms with Crippen LogP contribution >= 0.6 is 0 Å². The van der Waals surface area contributed by atoms with Crippen molar-refractivity contribution in [3.63, 3.8) is 0 Å². The van der Waals surface area contributed by atoms with E-state index in [0.717, 1.165) is 11.5 Å². The molecule has 2 rings (SSSR count). The fourth-order valence-corrected chi connectivity index (χ4v) is 1.62. The summed E-state index contributed by atoms with van der Waals surface area (Å²) >= 11 is 0. The number of fused-ring (bicyclic) bond motifs is 1. The molecule has 0 atom stereocenters. The summed E-state index contributed by atoms with van der Waals surface area (Å²) in [5.74, 6) is 0.586. The lowest BCUT2D eigenvalue weighted by molar-refractivity contribution is 0.630. The molecule has 4 heteroatoms. The fourth-order valence-electron chi connectivity index (χ4n) is 1.62. The number of nitrogens with zero attached hydrogens (tertiary/aromatic N) is 2. The van der Waals surface area contributed by atoms with E-state index in [1.807, 2.05) is 20.2 Å². The van der Waals surface area contributed by atoms with E-state index in [9.17, 15) is 4.39 Å². The van der Waals surface area contributed by atoms with Crippen molar-refractivity contribution in [2.75, 3.05) is 7.05 Å². The second-order valence-corrected chi connectivity index (χ2v) is 3.21. The highest BCUT2D eigenvalue weighted by Gasteiger charge is 2.10. The molecule has 0 amide bonds. The van der Waals surface area contributed by atoms with Crippen molar-refractivity contribution in [2.45, 2.75) is 13.5 Å². The molecule has 2 aromatic heterocycles. The number of aryl methyl sites for hydroxylation is 1. The molecule has 0 saturated heterocycles. The number of rotatable bonds is 2. The van der Waals surface area contributed by atoms with E-state index < -0.39 is 0 Å². The maximum Gasteiger partial charge on any atom is 0.149 e. The van der Waals surface area contributed by atoms with Crippen LogP contribution in [0.5, 0.6) is 0 Å². The normalized spacial score (nSPS) is 11.1. The van der Waals surface area contributed by atoms with Crippen molar-refractivity contribution in [2.24, 2.45) is 0 Å². The van der Waals surface area contributed by atoms with E-state index in [1.165, 1.54) is 6.07 Å². The van der Waals surface area contributed by atoms with Gasteiger partial charge in [-0.25, -0.2) is 9.37 Å². The number of hydrogen-bond donors (Lipinski definition) is 1.